The second-order valence-corrected chi connectivity index (χ2v) is 7.98. The number of hydrogen-bond donors (Lipinski definition) is 2. The van der Waals surface area contributed by atoms with Crippen molar-refractivity contribution >= 4 is 27.2 Å². The molecule has 0 radical (unpaired) electrons. The van der Waals surface area contributed by atoms with Gasteiger partial charge in [-0.15, -0.1) is 0 Å². The molecule has 0 amide bonds. The van der Waals surface area contributed by atoms with Crippen LogP contribution in [0.4, 0.5) is 0 Å². The summed E-state index contributed by atoms with van der Waals surface area (Å²) in [5, 5.41) is 6.93. The first-order valence-electron chi connectivity index (χ1n) is 7.32. The molecular weight excluding hydrogens is 320 g/mol. The van der Waals surface area contributed by atoms with Gasteiger partial charge in [-0.1, -0.05) is 12.1 Å². The Morgan fingerprint density at radius 1 is 1.41 bits per heavy atom. The summed E-state index contributed by atoms with van der Waals surface area (Å²) in [6.07, 6.45) is 3.62. The molecule has 122 valence electrons. The molecule has 2 rings (SSSR count). The first-order valence-corrected chi connectivity index (χ1v) is 9.62. The lowest BCUT2D eigenvalue weighted by atomic mass is 10.1. The fraction of sp³-hybridized carbons (Fsp3) is 0.533. The normalized spacial score (nSPS) is 19.6. The largest absolute Gasteiger partial charge is 0.376 e. The summed E-state index contributed by atoms with van der Waals surface area (Å²) < 4.78 is 28.4. The minimum absolute atomic E-state index is 0.00175. The van der Waals surface area contributed by atoms with Crippen LogP contribution in [0.25, 0.3) is 0 Å². The molecule has 22 heavy (non-hydrogen) atoms. The van der Waals surface area contributed by atoms with E-state index in [-0.39, 0.29) is 12.1 Å². The second kappa shape index (κ2) is 7.39. The molecule has 1 fully saturated rings. The topological polar surface area (TPSA) is 67.4 Å². The predicted molar refractivity (Wildman–Crippen MR) is 90.7 cm³/mol. The summed E-state index contributed by atoms with van der Waals surface area (Å²) in [7, 11) is -3.16. The highest BCUT2D eigenvalue weighted by atomic mass is 32.2. The molecule has 2 atom stereocenters. The summed E-state index contributed by atoms with van der Waals surface area (Å²) in [4.78, 5) is 0.322. The van der Waals surface area contributed by atoms with E-state index in [4.69, 9.17) is 17.0 Å². The van der Waals surface area contributed by atoms with Gasteiger partial charge in [0.15, 0.2) is 14.9 Å². The molecule has 7 heteroatoms. The average molecular weight is 342 g/mol. The Balaban J connectivity index is 1.85. The first kappa shape index (κ1) is 17.2. The lowest BCUT2D eigenvalue weighted by Gasteiger charge is -2.19. The highest BCUT2D eigenvalue weighted by molar-refractivity contribution is 7.90. The molecule has 2 N–H and O–H groups in total. The van der Waals surface area contributed by atoms with E-state index < -0.39 is 9.84 Å². The Morgan fingerprint density at radius 2 is 2.09 bits per heavy atom. The molecule has 1 heterocycles. The van der Waals surface area contributed by atoms with Crippen LogP contribution in [0.3, 0.4) is 0 Å². The van der Waals surface area contributed by atoms with Gasteiger partial charge in [0, 0.05) is 19.4 Å². The van der Waals surface area contributed by atoms with E-state index in [0.717, 1.165) is 25.0 Å². The smallest absolute Gasteiger partial charge is 0.175 e. The van der Waals surface area contributed by atoms with Gasteiger partial charge in [-0.2, -0.15) is 0 Å². The van der Waals surface area contributed by atoms with Gasteiger partial charge in [0.2, 0.25) is 0 Å². The first-order chi connectivity index (χ1) is 10.4. The van der Waals surface area contributed by atoms with Crippen molar-refractivity contribution in [1.29, 1.82) is 0 Å². The highest BCUT2D eigenvalue weighted by Gasteiger charge is 2.16. The van der Waals surface area contributed by atoms with Crippen molar-refractivity contribution in [2.24, 2.45) is 0 Å². The van der Waals surface area contributed by atoms with Crippen molar-refractivity contribution in [2.75, 3.05) is 19.4 Å². The Hall–Kier alpha value is -1.18. The number of hydrogen-bond acceptors (Lipinski definition) is 4. The number of nitrogens with one attached hydrogen (secondary N) is 2. The molecule has 1 saturated heterocycles. The quantitative estimate of drug-likeness (QED) is 0.796. The Labute approximate surface area is 137 Å². The Morgan fingerprint density at radius 3 is 2.64 bits per heavy atom. The molecule has 0 spiro atoms. The van der Waals surface area contributed by atoms with Crippen molar-refractivity contribution < 1.29 is 13.2 Å². The lowest BCUT2D eigenvalue weighted by molar-refractivity contribution is 0.114. The van der Waals surface area contributed by atoms with E-state index >= 15 is 0 Å². The fourth-order valence-electron chi connectivity index (χ4n) is 2.35. The van der Waals surface area contributed by atoms with Gasteiger partial charge >= 0.3 is 0 Å². The van der Waals surface area contributed by atoms with Crippen LogP contribution in [0.1, 0.15) is 31.4 Å². The Kier molecular flexibility index (Phi) is 5.77. The third-order valence-corrected chi connectivity index (χ3v) is 5.06. The minimum Gasteiger partial charge on any atom is -0.376 e. The maximum Gasteiger partial charge on any atom is 0.175 e. The average Bonchev–Trinajstić information content (AvgIpc) is 2.97. The standard InChI is InChI=1S/C15H22N2O3S2/c1-11(12-5-7-14(8-6-12)22(2,18)19)17-15(21)16-10-13-4-3-9-20-13/h5-8,11,13H,3-4,9-10H2,1-2H3,(H2,16,17,21)/t11-,13+/m1/s1. The van der Waals surface area contributed by atoms with Crippen LogP contribution in [-0.2, 0) is 14.6 Å². The van der Waals surface area contributed by atoms with Gasteiger partial charge in [0.05, 0.1) is 17.0 Å². The van der Waals surface area contributed by atoms with Crippen LogP contribution in [0.15, 0.2) is 29.2 Å². The van der Waals surface area contributed by atoms with Crippen LogP contribution in [-0.4, -0.2) is 39.0 Å². The minimum atomic E-state index is -3.16. The van der Waals surface area contributed by atoms with E-state index in [1.807, 2.05) is 6.92 Å². The molecule has 0 saturated carbocycles. The number of benzene rings is 1. The van der Waals surface area contributed by atoms with Gasteiger partial charge in [-0.3, -0.25) is 0 Å². The third kappa shape index (κ3) is 4.93. The second-order valence-electron chi connectivity index (χ2n) is 5.55. The van der Waals surface area contributed by atoms with Crippen LogP contribution in [0.2, 0.25) is 0 Å². The zero-order valence-electron chi connectivity index (χ0n) is 12.8. The van der Waals surface area contributed by atoms with E-state index in [1.165, 1.54) is 6.26 Å². The number of sulfone groups is 1. The van der Waals surface area contributed by atoms with Crippen LogP contribution in [0.5, 0.6) is 0 Å². The fourth-order valence-corrected chi connectivity index (χ4v) is 3.24. The van der Waals surface area contributed by atoms with E-state index in [1.54, 1.807) is 24.3 Å². The molecule has 1 aliphatic heterocycles. The molecule has 0 bridgehead atoms. The predicted octanol–water partition coefficient (Wildman–Crippen LogP) is 1.79. The van der Waals surface area contributed by atoms with Crippen LogP contribution >= 0.6 is 12.2 Å². The molecule has 0 aliphatic carbocycles. The maximum atomic E-state index is 11.4. The number of thiocarbonyl (C=S) groups is 1. The van der Waals surface area contributed by atoms with E-state index in [0.29, 0.717) is 16.6 Å². The highest BCUT2D eigenvalue weighted by Crippen LogP contribution is 2.16. The summed E-state index contributed by atoms with van der Waals surface area (Å²) in [5.74, 6) is 0. The van der Waals surface area contributed by atoms with Gasteiger partial charge in [-0.25, -0.2) is 8.42 Å². The van der Waals surface area contributed by atoms with Gasteiger partial charge in [-0.05, 0) is 49.7 Å². The summed E-state index contributed by atoms with van der Waals surface area (Å²) >= 11 is 5.28. The zero-order valence-corrected chi connectivity index (χ0v) is 14.5. The van der Waals surface area contributed by atoms with E-state index in [2.05, 4.69) is 10.6 Å². The molecule has 1 aromatic rings. The van der Waals surface area contributed by atoms with Gasteiger partial charge in [0.25, 0.3) is 0 Å². The summed E-state index contributed by atoms with van der Waals surface area (Å²) in [6, 6.07) is 6.84. The van der Waals surface area contributed by atoms with Crippen molar-refractivity contribution in [3.8, 4) is 0 Å². The number of rotatable bonds is 5. The Bertz CT molecular complexity index is 608. The van der Waals surface area contributed by atoms with Crippen LogP contribution in [0, 0.1) is 0 Å². The van der Waals surface area contributed by atoms with Gasteiger partial charge < -0.3 is 15.4 Å². The molecule has 1 aromatic carbocycles. The van der Waals surface area contributed by atoms with Crippen molar-refractivity contribution in [2.45, 2.75) is 36.8 Å². The van der Waals surface area contributed by atoms with E-state index in [9.17, 15) is 8.42 Å². The van der Waals surface area contributed by atoms with Gasteiger partial charge in [0.1, 0.15) is 0 Å². The maximum absolute atomic E-state index is 11.4. The summed E-state index contributed by atoms with van der Waals surface area (Å²) in [5.41, 5.74) is 0.980. The van der Waals surface area contributed by atoms with Crippen molar-refractivity contribution in [3.63, 3.8) is 0 Å². The lowest BCUT2D eigenvalue weighted by Crippen LogP contribution is -2.40. The van der Waals surface area contributed by atoms with Crippen molar-refractivity contribution in [3.05, 3.63) is 29.8 Å². The summed E-state index contributed by atoms with van der Waals surface area (Å²) in [6.45, 7) is 3.52. The molecule has 5 nitrogen and oxygen atoms in total. The molecule has 0 unspecified atom stereocenters. The number of ether oxygens (including phenoxy) is 1. The zero-order chi connectivity index (χ0) is 16.2. The molecule has 0 aromatic heterocycles. The SMILES string of the molecule is C[C@@H](NC(=S)NC[C@@H]1CCCO1)c1ccc(S(C)(=O)=O)cc1. The molecular formula is C15H22N2O3S2. The molecule has 1 aliphatic rings. The monoisotopic (exact) mass is 342 g/mol. The third-order valence-electron chi connectivity index (χ3n) is 3.67. The van der Waals surface area contributed by atoms with Crippen molar-refractivity contribution in [1.82, 2.24) is 10.6 Å². The van der Waals surface area contributed by atoms with Crippen LogP contribution < -0.4 is 10.6 Å².